The van der Waals surface area contributed by atoms with Gasteiger partial charge in [0.2, 0.25) is 0 Å². The van der Waals surface area contributed by atoms with Crippen molar-refractivity contribution in [3.8, 4) is 0 Å². The smallest absolute Gasteiger partial charge is 0.317 e. The lowest BCUT2D eigenvalue weighted by Gasteiger charge is -2.38. The summed E-state index contributed by atoms with van der Waals surface area (Å²) < 4.78 is 0.699. The average Bonchev–Trinajstić information content (AvgIpc) is 2.65. The molecule has 2 amide bonds. The van der Waals surface area contributed by atoms with Crippen LogP contribution in [0.3, 0.4) is 0 Å². The summed E-state index contributed by atoms with van der Waals surface area (Å²) in [5.74, 6) is -0.724. The van der Waals surface area contributed by atoms with Crippen LogP contribution in [0.15, 0.2) is 12.1 Å². The first-order chi connectivity index (χ1) is 8.54. The van der Waals surface area contributed by atoms with Gasteiger partial charge in [-0.25, -0.2) is 4.79 Å². The van der Waals surface area contributed by atoms with Gasteiger partial charge in [-0.1, -0.05) is 11.6 Å². The van der Waals surface area contributed by atoms with Crippen LogP contribution in [0.25, 0.3) is 0 Å². The topological polar surface area (TPSA) is 69.6 Å². The Morgan fingerprint density at radius 1 is 1.50 bits per heavy atom. The molecule has 0 unspecified atom stereocenters. The van der Waals surface area contributed by atoms with Crippen LogP contribution in [0.2, 0.25) is 4.34 Å². The second kappa shape index (κ2) is 5.58. The lowest BCUT2D eigenvalue weighted by atomic mass is 9.97. The number of aliphatic carboxylic acids is 1. The van der Waals surface area contributed by atoms with Crippen LogP contribution >= 0.6 is 22.9 Å². The summed E-state index contributed by atoms with van der Waals surface area (Å²) in [6, 6.07) is 3.51. The molecule has 2 heterocycles. The monoisotopic (exact) mass is 288 g/mol. The number of carbonyl (C=O) groups excluding carboxylic acids is 1. The molecular weight excluding hydrogens is 276 g/mol. The second-order valence-corrected chi connectivity index (χ2v) is 6.03. The van der Waals surface area contributed by atoms with E-state index in [9.17, 15) is 9.59 Å². The summed E-state index contributed by atoms with van der Waals surface area (Å²) in [4.78, 5) is 24.7. The Morgan fingerprint density at radius 2 is 2.22 bits per heavy atom. The molecule has 0 atom stereocenters. The zero-order valence-electron chi connectivity index (χ0n) is 9.56. The van der Waals surface area contributed by atoms with Gasteiger partial charge in [0.05, 0.1) is 17.3 Å². The van der Waals surface area contributed by atoms with Crippen molar-refractivity contribution in [2.45, 2.75) is 13.0 Å². The fraction of sp³-hybridized carbons (Fsp3) is 0.455. The predicted molar refractivity (Wildman–Crippen MR) is 68.9 cm³/mol. The number of likely N-dealkylation sites (tertiary alicyclic amines) is 1. The minimum Gasteiger partial charge on any atom is -0.481 e. The van der Waals surface area contributed by atoms with E-state index in [0.29, 0.717) is 24.0 Å². The Balaban J connectivity index is 1.69. The quantitative estimate of drug-likeness (QED) is 0.890. The zero-order valence-corrected chi connectivity index (χ0v) is 11.1. The number of nitrogens with zero attached hydrogens (tertiary/aromatic N) is 1. The van der Waals surface area contributed by atoms with E-state index in [1.54, 1.807) is 11.0 Å². The molecule has 1 aliphatic rings. The van der Waals surface area contributed by atoms with Gasteiger partial charge in [-0.3, -0.25) is 4.79 Å². The number of urea groups is 1. The molecule has 2 N–H and O–H groups in total. The van der Waals surface area contributed by atoms with E-state index in [1.165, 1.54) is 11.3 Å². The number of thiophene rings is 1. The number of hydrogen-bond donors (Lipinski definition) is 2. The number of carboxylic acid groups (broad SMARTS) is 1. The first-order valence-corrected chi connectivity index (χ1v) is 6.73. The molecule has 0 aromatic carbocycles. The summed E-state index contributed by atoms with van der Waals surface area (Å²) in [6.07, 6.45) is 0.129. The summed E-state index contributed by atoms with van der Waals surface area (Å²) in [6.45, 7) is 1.49. The second-order valence-electron chi connectivity index (χ2n) is 4.23. The summed E-state index contributed by atoms with van der Waals surface area (Å²) in [5.41, 5.74) is 0. The van der Waals surface area contributed by atoms with Gasteiger partial charge in [0.1, 0.15) is 0 Å². The maximum absolute atomic E-state index is 11.7. The Kier molecular flexibility index (Phi) is 4.08. The van der Waals surface area contributed by atoms with Crippen molar-refractivity contribution in [3.63, 3.8) is 0 Å². The lowest BCUT2D eigenvalue weighted by molar-refractivity contribution is -0.139. The number of halogens is 1. The van der Waals surface area contributed by atoms with Crippen LogP contribution in [0, 0.1) is 5.92 Å². The van der Waals surface area contributed by atoms with Gasteiger partial charge in [0, 0.05) is 23.9 Å². The van der Waals surface area contributed by atoms with E-state index in [1.807, 2.05) is 6.07 Å². The highest BCUT2D eigenvalue weighted by atomic mass is 35.5. The van der Waals surface area contributed by atoms with Crippen molar-refractivity contribution in [2.75, 3.05) is 13.1 Å². The molecule has 1 aromatic heterocycles. The van der Waals surface area contributed by atoms with Crippen LogP contribution in [-0.4, -0.2) is 35.1 Å². The highest BCUT2D eigenvalue weighted by Crippen LogP contribution is 2.22. The Morgan fingerprint density at radius 3 is 2.78 bits per heavy atom. The third-order valence-electron chi connectivity index (χ3n) is 2.75. The summed E-state index contributed by atoms with van der Waals surface area (Å²) in [7, 11) is 0. The fourth-order valence-corrected chi connectivity index (χ4v) is 2.86. The highest BCUT2D eigenvalue weighted by Gasteiger charge is 2.31. The van der Waals surface area contributed by atoms with Crippen LogP contribution in [0.1, 0.15) is 11.3 Å². The van der Waals surface area contributed by atoms with Gasteiger partial charge >= 0.3 is 12.0 Å². The highest BCUT2D eigenvalue weighted by molar-refractivity contribution is 7.16. The van der Waals surface area contributed by atoms with Crippen molar-refractivity contribution in [1.82, 2.24) is 10.2 Å². The Bertz CT molecular complexity index is 457. The molecule has 0 aliphatic carbocycles. The van der Waals surface area contributed by atoms with Crippen molar-refractivity contribution in [3.05, 3.63) is 21.3 Å². The molecular formula is C11H13ClN2O3S. The fourth-order valence-electron chi connectivity index (χ4n) is 1.83. The maximum Gasteiger partial charge on any atom is 0.317 e. The normalized spacial score (nSPS) is 15.3. The van der Waals surface area contributed by atoms with Crippen molar-refractivity contribution in [1.29, 1.82) is 0 Å². The third-order valence-corrected chi connectivity index (χ3v) is 3.98. The molecule has 1 saturated heterocycles. The van der Waals surface area contributed by atoms with Crippen molar-refractivity contribution < 1.29 is 14.7 Å². The van der Waals surface area contributed by atoms with Crippen molar-refractivity contribution in [2.24, 2.45) is 5.92 Å². The van der Waals surface area contributed by atoms with E-state index in [4.69, 9.17) is 16.7 Å². The van der Waals surface area contributed by atoms with E-state index >= 15 is 0 Å². The van der Waals surface area contributed by atoms with Crippen LogP contribution in [0.5, 0.6) is 0 Å². The first-order valence-electron chi connectivity index (χ1n) is 5.53. The van der Waals surface area contributed by atoms with Gasteiger partial charge in [-0.15, -0.1) is 11.3 Å². The number of amides is 2. The van der Waals surface area contributed by atoms with Gasteiger partial charge in [0.25, 0.3) is 0 Å². The van der Waals surface area contributed by atoms with E-state index in [0.717, 1.165) is 4.88 Å². The van der Waals surface area contributed by atoms with Crippen molar-refractivity contribution >= 4 is 34.9 Å². The predicted octanol–water partition coefficient (Wildman–Crippen LogP) is 2.02. The largest absolute Gasteiger partial charge is 0.481 e. The van der Waals surface area contributed by atoms with Gasteiger partial charge in [-0.2, -0.15) is 0 Å². The number of carbonyl (C=O) groups is 2. The standard InChI is InChI=1S/C11H13ClN2O3S/c12-9-2-1-8(18-9)4-13-11(17)14-5-7(6-14)3-10(15)16/h1-2,7H,3-6H2,(H,13,17)(H,15,16). The number of hydrogen-bond acceptors (Lipinski definition) is 3. The van der Waals surface area contributed by atoms with Crippen LogP contribution < -0.4 is 5.32 Å². The van der Waals surface area contributed by atoms with Gasteiger partial charge in [0.15, 0.2) is 0 Å². The molecule has 0 saturated carbocycles. The molecule has 0 bridgehead atoms. The molecule has 1 aromatic rings. The summed E-state index contributed by atoms with van der Waals surface area (Å²) in [5, 5.41) is 11.4. The number of rotatable bonds is 4. The number of nitrogens with one attached hydrogen (secondary N) is 1. The number of carboxylic acids is 1. The molecule has 0 spiro atoms. The molecule has 1 aliphatic heterocycles. The van der Waals surface area contributed by atoms with E-state index in [2.05, 4.69) is 5.32 Å². The Hall–Kier alpha value is -1.27. The maximum atomic E-state index is 11.7. The zero-order chi connectivity index (χ0) is 13.1. The molecule has 5 nitrogen and oxygen atoms in total. The minimum absolute atomic E-state index is 0.0874. The summed E-state index contributed by atoms with van der Waals surface area (Å²) >= 11 is 7.21. The van der Waals surface area contributed by atoms with Crippen LogP contribution in [0.4, 0.5) is 4.79 Å². The first kappa shape index (κ1) is 13.2. The minimum atomic E-state index is -0.812. The van der Waals surface area contributed by atoms with Gasteiger partial charge < -0.3 is 15.3 Å². The molecule has 7 heteroatoms. The average molecular weight is 289 g/mol. The molecule has 1 fully saturated rings. The SMILES string of the molecule is O=C(O)CC1CN(C(=O)NCc2ccc(Cl)s2)C1. The van der Waals surface area contributed by atoms with E-state index in [-0.39, 0.29) is 18.4 Å². The molecule has 2 rings (SSSR count). The third kappa shape index (κ3) is 3.36. The Labute approximate surface area is 113 Å². The molecule has 98 valence electrons. The van der Waals surface area contributed by atoms with Crippen LogP contribution in [-0.2, 0) is 11.3 Å². The van der Waals surface area contributed by atoms with Gasteiger partial charge in [-0.05, 0) is 12.1 Å². The lowest BCUT2D eigenvalue weighted by Crippen LogP contribution is -2.54. The molecule has 18 heavy (non-hydrogen) atoms. The molecule has 0 radical (unpaired) electrons. The van der Waals surface area contributed by atoms with E-state index < -0.39 is 5.97 Å².